The Bertz CT molecular complexity index is 1150. The number of aromatic amines is 1. The number of anilines is 1. The Hall–Kier alpha value is -4.27. The van der Waals surface area contributed by atoms with Crippen LogP contribution in [0.25, 0.3) is 16.9 Å². The second-order valence-corrected chi connectivity index (χ2v) is 6.08. The van der Waals surface area contributed by atoms with E-state index in [1.54, 1.807) is 10.7 Å². The van der Waals surface area contributed by atoms with Gasteiger partial charge < -0.3 is 10.6 Å². The van der Waals surface area contributed by atoms with Gasteiger partial charge in [-0.1, -0.05) is 48.5 Å². The minimum atomic E-state index is -0.470. The van der Waals surface area contributed by atoms with Gasteiger partial charge in [0.25, 0.3) is 11.8 Å². The molecule has 0 radical (unpaired) electrons. The highest BCUT2D eigenvalue weighted by molar-refractivity contribution is 6.07. The van der Waals surface area contributed by atoms with Crippen LogP contribution in [0.3, 0.4) is 0 Å². The lowest BCUT2D eigenvalue weighted by atomic mass is 10.1. The smallest absolute Gasteiger partial charge is 0.275 e. The fourth-order valence-corrected chi connectivity index (χ4v) is 2.83. The van der Waals surface area contributed by atoms with E-state index in [1.165, 1.54) is 7.05 Å². The van der Waals surface area contributed by atoms with Crippen LogP contribution in [0.15, 0.2) is 66.7 Å². The van der Waals surface area contributed by atoms with Crippen molar-refractivity contribution in [2.24, 2.45) is 0 Å². The molecule has 144 valence electrons. The van der Waals surface area contributed by atoms with Crippen molar-refractivity contribution in [1.29, 1.82) is 0 Å². The van der Waals surface area contributed by atoms with E-state index in [-0.39, 0.29) is 11.5 Å². The standard InChI is InChI=1S/C20H17N7O2/c1-21-20(29)17-18(24-26-23-17)22-19(28)16-12-15(13-8-4-2-5-9-13)25-27(16)14-10-6-3-7-11-14/h2-12H,1H3,(H,21,29)(H2,22,23,24,26,28). The highest BCUT2D eigenvalue weighted by Gasteiger charge is 2.22. The molecule has 4 aromatic rings. The SMILES string of the molecule is CNC(=O)c1n[nH]nc1NC(=O)c1cc(-c2ccccc2)nn1-c1ccccc1. The molecule has 0 fully saturated rings. The summed E-state index contributed by atoms with van der Waals surface area (Å²) < 4.78 is 1.55. The Labute approximate surface area is 165 Å². The number of hydrogen-bond acceptors (Lipinski definition) is 5. The highest BCUT2D eigenvalue weighted by atomic mass is 16.2. The quantitative estimate of drug-likeness (QED) is 0.486. The molecule has 3 N–H and O–H groups in total. The van der Waals surface area contributed by atoms with Gasteiger partial charge >= 0.3 is 0 Å². The van der Waals surface area contributed by atoms with Crippen LogP contribution in [0.1, 0.15) is 21.0 Å². The van der Waals surface area contributed by atoms with Crippen molar-refractivity contribution in [2.75, 3.05) is 12.4 Å². The van der Waals surface area contributed by atoms with Crippen molar-refractivity contribution >= 4 is 17.6 Å². The molecule has 0 atom stereocenters. The summed E-state index contributed by atoms with van der Waals surface area (Å²) in [6.07, 6.45) is 0. The van der Waals surface area contributed by atoms with Crippen LogP contribution >= 0.6 is 0 Å². The lowest BCUT2D eigenvalue weighted by molar-refractivity contribution is 0.0959. The number of H-pyrrole nitrogens is 1. The third-order valence-electron chi connectivity index (χ3n) is 4.23. The number of rotatable bonds is 5. The molecule has 0 aliphatic heterocycles. The largest absolute Gasteiger partial charge is 0.354 e. The zero-order valence-corrected chi connectivity index (χ0v) is 15.5. The summed E-state index contributed by atoms with van der Waals surface area (Å²) in [6, 6.07) is 20.6. The first kappa shape index (κ1) is 18.1. The Balaban J connectivity index is 1.74. The molecule has 29 heavy (non-hydrogen) atoms. The van der Waals surface area contributed by atoms with Gasteiger partial charge in [-0.2, -0.15) is 10.3 Å². The van der Waals surface area contributed by atoms with Gasteiger partial charge in [0.15, 0.2) is 11.5 Å². The molecule has 0 spiro atoms. The van der Waals surface area contributed by atoms with Crippen LogP contribution in [0.2, 0.25) is 0 Å². The zero-order chi connectivity index (χ0) is 20.2. The topological polar surface area (TPSA) is 118 Å². The molecule has 2 heterocycles. The van der Waals surface area contributed by atoms with Crippen molar-refractivity contribution in [2.45, 2.75) is 0 Å². The number of nitrogens with one attached hydrogen (secondary N) is 3. The van der Waals surface area contributed by atoms with Crippen LogP contribution in [0.4, 0.5) is 5.82 Å². The maximum absolute atomic E-state index is 13.0. The molecule has 0 saturated carbocycles. The Morgan fingerprint density at radius 3 is 2.31 bits per heavy atom. The predicted octanol–water partition coefficient (Wildman–Crippen LogP) is 2.27. The summed E-state index contributed by atoms with van der Waals surface area (Å²) in [7, 11) is 1.47. The van der Waals surface area contributed by atoms with Crippen molar-refractivity contribution in [1.82, 2.24) is 30.5 Å². The molecular formula is C20H17N7O2. The lowest BCUT2D eigenvalue weighted by Gasteiger charge is -2.07. The number of benzene rings is 2. The Morgan fingerprint density at radius 1 is 0.931 bits per heavy atom. The predicted molar refractivity (Wildman–Crippen MR) is 107 cm³/mol. The molecule has 2 amide bonds. The molecule has 0 saturated heterocycles. The highest BCUT2D eigenvalue weighted by Crippen LogP contribution is 2.22. The summed E-state index contributed by atoms with van der Waals surface area (Å²) >= 11 is 0. The number of carbonyl (C=O) groups is 2. The Kier molecular flexibility index (Phi) is 4.85. The van der Waals surface area contributed by atoms with Gasteiger partial charge in [-0.05, 0) is 18.2 Å². The first-order chi connectivity index (χ1) is 14.2. The summed E-state index contributed by atoms with van der Waals surface area (Å²) in [4.78, 5) is 24.9. The molecule has 0 unspecified atom stereocenters. The van der Waals surface area contributed by atoms with Crippen LogP contribution in [0.5, 0.6) is 0 Å². The molecule has 0 bridgehead atoms. The maximum atomic E-state index is 13.0. The minimum Gasteiger partial charge on any atom is -0.354 e. The number of aromatic nitrogens is 5. The van der Waals surface area contributed by atoms with E-state index < -0.39 is 11.8 Å². The average Bonchev–Trinajstić information content (AvgIpc) is 3.42. The molecule has 4 rings (SSSR count). The van der Waals surface area contributed by atoms with Crippen molar-refractivity contribution in [3.8, 4) is 16.9 Å². The normalized spacial score (nSPS) is 10.5. The van der Waals surface area contributed by atoms with Crippen LogP contribution in [0, 0.1) is 0 Å². The zero-order valence-electron chi connectivity index (χ0n) is 15.5. The Morgan fingerprint density at radius 2 is 1.62 bits per heavy atom. The maximum Gasteiger partial charge on any atom is 0.275 e. The fraction of sp³-hybridized carbons (Fsp3) is 0.0500. The minimum absolute atomic E-state index is 0.00471. The van der Waals surface area contributed by atoms with Crippen LogP contribution < -0.4 is 10.6 Å². The van der Waals surface area contributed by atoms with Gasteiger partial charge in [0.1, 0.15) is 5.69 Å². The number of nitrogens with zero attached hydrogens (tertiary/aromatic N) is 4. The molecule has 9 nitrogen and oxygen atoms in total. The van der Waals surface area contributed by atoms with E-state index in [2.05, 4.69) is 31.1 Å². The second-order valence-electron chi connectivity index (χ2n) is 6.08. The van der Waals surface area contributed by atoms with Gasteiger partial charge in [-0.15, -0.1) is 10.2 Å². The van der Waals surface area contributed by atoms with Crippen LogP contribution in [-0.2, 0) is 0 Å². The molecule has 0 aliphatic carbocycles. The molecule has 2 aromatic carbocycles. The van der Waals surface area contributed by atoms with Crippen molar-refractivity contribution in [3.63, 3.8) is 0 Å². The van der Waals surface area contributed by atoms with Gasteiger partial charge in [0.2, 0.25) is 0 Å². The molecule has 2 aromatic heterocycles. The van der Waals surface area contributed by atoms with E-state index in [0.29, 0.717) is 11.4 Å². The van der Waals surface area contributed by atoms with E-state index in [0.717, 1.165) is 11.3 Å². The van der Waals surface area contributed by atoms with E-state index in [9.17, 15) is 9.59 Å². The lowest BCUT2D eigenvalue weighted by Crippen LogP contribution is -2.22. The summed E-state index contributed by atoms with van der Waals surface area (Å²) in [5.74, 6) is -0.894. The summed E-state index contributed by atoms with van der Waals surface area (Å²) in [5.41, 5.74) is 2.54. The van der Waals surface area contributed by atoms with E-state index >= 15 is 0 Å². The van der Waals surface area contributed by atoms with Gasteiger partial charge in [0, 0.05) is 12.6 Å². The van der Waals surface area contributed by atoms with Crippen molar-refractivity contribution in [3.05, 3.63) is 78.1 Å². The molecule has 9 heteroatoms. The number of hydrogen-bond donors (Lipinski definition) is 3. The molecular weight excluding hydrogens is 370 g/mol. The van der Waals surface area contributed by atoms with Gasteiger partial charge in [-0.25, -0.2) is 4.68 Å². The summed E-state index contributed by atoms with van der Waals surface area (Å²) in [5, 5.41) is 19.7. The number of carbonyl (C=O) groups excluding carboxylic acids is 2. The second kappa shape index (κ2) is 7.77. The monoisotopic (exact) mass is 387 g/mol. The van der Waals surface area contributed by atoms with Crippen LogP contribution in [-0.4, -0.2) is 44.1 Å². The number of para-hydroxylation sites is 1. The van der Waals surface area contributed by atoms with Gasteiger partial charge in [-0.3, -0.25) is 9.59 Å². The first-order valence-electron chi connectivity index (χ1n) is 8.82. The van der Waals surface area contributed by atoms with E-state index in [1.807, 2.05) is 60.7 Å². The first-order valence-corrected chi connectivity index (χ1v) is 8.82. The molecule has 0 aliphatic rings. The van der Waals surface area contributed by atoms with Crippen molar-refractivity contribution < 1.29 is 9.59 Å². The van der Waals surface area contributed by atoms with Gasteiger partial charge in [0.05, 0.1) is 11.4 Å². The summed E-state index contributed by atoms with van der Waals surface area (Å²) in [6.45, 7) is 0. The number of amides is 2. The third kappa shape index (κ3) is 3.61. The third-order valence-corrected chi connectivity index (χ3v) is 4.23. The van der Waals surface area contributed by atoms with E-state index in [4.69, 9.17) is 0 Å². The fourth-order valence-electron chi connectivity index (χ4n) is 2.83. The average molecular weight is 387 g/mol.